The molecule has 0 atom stereocenters. The van der Waals surface area contributed by atoms with Gasteiger partial charge in [-0.1, -0.05) is 75.2 Å². The lowest BCUT2D eigenvalue weighted by Crippen LogP contribution is -1.97. The van der Waals surface area contributed by atoms with Crippen LogP contribution in [0.1, 0.15) is 56.9 Å². The van der Waals surface area contributed by atoms with Crippen LogP contribution in [0.25, 0.3) is 55.0 Å². The second-order valence-corrected chi connectivity index (χ2v) is 13.4. The number of aromatic nitrogens is 2. The first-order valence-corrected chi connectivity index (χ1v) is 16.5. The van der Waals surface area contributed by atoms with Crippen molar-refractivity contribution >= 4 is 43.6 Å². The van der Waals surface area contributed by atoms with Crippen molar-refractivity contribution in [2.45, 2.75) is 61.3 Å². The van der Waals surface area contributed by atoms with Crippen LogP contribution in [-0.2, 0) is 12.8 Å². The largest absolute Gasteiger partial charge is 0.397 e. The van der Waals surface area contributed by atoms with Crippen LogP contribution in [0.2, 0.25) is 0 Å². The predicted octanol–water partition coefficient (Wildman–Crippen LogP) is 10.9. The van der Waals surface area contributed by atoms with Crippen molar-refractivity contribution in [1.29, 1.82) is 0 Å². The Bertz CT molecular complexity index is 1950. The SMILES string of the molecule is CCO.Cc1ccc2c(c1)c1cc3c(cc1n2-c1ccc(CC(C)C)cc1)c1cc(C)ccc1n3-c1ccc(CC(C)C)cc1. The zero-order valence-corrected chi connectivity index (χ0v) is 27.9. The summed E-state index contributed by atoms with van der Waals surface area (Å²) >= 11 is 0. The van der Waals surface area contributed by atoms with E-state index < -0.39 is 0 Å². The molecule has 2 aromatic heterocycles. The summed E-state index contributed by atoms with van der Waals surface area (Å²) in [7, 11) is 0. The Balaban J connectivity index is 0.00000115. The summed E-state index contributed by atoms with van der Waals surface area (Å²) < 4.78 is 4.92. The van der Waals surface area contributed by atoms with E-state index in [1.165, 1.54) is 77.2 Å². The lowest BCUT2D eigenvalue weighted by atomic mass is 10.0. The van der Waals surface area contributed by atoms with E-state index in [2.05, 4.69) is 148 Å². The highest BCUT2D eigenvalue weighted by Crippen LogP contribution is 2.40. The normalized spacial score (nSPS) is 11.8. The average molecular weight is 595 g/mol. The summed E-state index contributed by atoms with van der Waals surface area (Å²) in [6, 6.07) is 37.0. The van der Waals surface area contributed by atoms with Crippen molar-refractivity contribution in [3.8, 4) is 11.4 Å². The van der Waals surface area contributed by atoms with E-state index in [1.54, 1.807) is 6.92 Å². The maximum atomic E-state index is 7.57. The minimum atomic E-state index is 0.250. The summed E-state index contributed by atoms with van der Waals surface area (Å²) in [5.74, 6) is 1.29. The van der Waals surface area contributed by atoms with E-state index in [-0.39, 0.29) is 6.61 Å². The third-order valence-corrected chi connectivity index (χ3v) is 8.64. The Kier molecular flexibility index (Phi) is 8.57. The molecule has 0 fully saturated rings. The van der Waals surface area contributed by atoms with Crippen molar-refractivity contribution in [3.05, 3.63) is 119 Å². The summed E-state index contributed by atoms with van der Waals surface area (Å²) in [5, 5.41) is 12.8. The first-order chi connectivity index (χ1) is 21.7. The molecule has 45 heavy (non-hydrogen) atoms. The van der Waals surface area contributed by atoms with Gasteiger partial charge in [0.2, 0.25) is 0 Å². The van der Waals surface area contributed by atoms with E-state index in [0.717, 1.165) is 12.8 Å². The number of nitrogens with zero attached hydrogens (tertiary/aromatic N) is 2. The van der Waals surface area contributed by atoms with Gasteiger partial charge >= 0.3 is 0 Å². The van der Waals surface area contributed by atoms with Gasteiger partial charge in [-0.3, -0.25) is 0 Å². The Morgan fingerprint density at radius 2 is 0.822 bits per heavy atom. The monoisotopic (exact) mass is 594 g/mol. The number of aryl methyl sites for hydroxylation is 2. The van der Waals surface area contributed by atoms with Gasteiger partial charge in [0.1, 0.15) is 0 Å². The third-order valence-electron chi connectivity index (χ3n) is 8.64. The third kappa shape index (κ3) is 5.90. The fourth-order valence-corrected chi connectivity index (χ4v) is 6.82. The van der Waals surface area contributed by atoms with Gasteiger partial charge in [-0.2, -0.15) is 0 Å². The Morgan fingerprint density at radius 3 is 1.16 bits per heavy atom. The molecule has 230 valence electrons. The second kappa shape index (κ2) is 12.6. The Hall–Kier alpha value is -4.34. The summed E-state index contributed by atoms with van der Waals surface area (Å²) in [6.07, 6.45) is 2.20. The van der Waals surface area contributed by atoms with Crippen LogP contribution in [0, 0.1) is 25.7 Å². The van der Waals surface area contributed by atoms with Crippen LogP contribution in [0.15, 0.2) is 97.1 Å². The summed E-state index contributed by atoms with van der Waals surface area (Å²) in [4.78, 5) is 0. The maximum Gasteiger partial charge on any atom is 0.0548 e. The molecule has 0 aliphatic rings. The average Bonchev–Trinajstić information content (AvgIpc) is 3.48. The predicted molar refractivity (Wildman–Crippen MR) is 194 cm³/mol. The van der Waals surface area contributed by atoms with Crippen LogP contribution in [0.3, 0.4) is 0 Å². The van der Waals surface area contributed by atoms with E-state index in [9.17, 15) is 0 Å². The van der Waals surface area contributed by atoms with Gasteiger partial charge in [0.15, 0.2) is 0 Å². The van der Waals surface area contributed by atoms with Crippen LogP contribution in [0.5, 0.6) is 0 Å². The molecule has 0 unspecified atom stereocenters. The van der Waals surface area contributed by atoms with Crippen molar-refractivity contribution in [2.75, 3.05) is 6.61 Å². The molecule has 0 amide bonds. The molecule has 0 saturated carbocycles. The molecule has 0 aliphatic carbocycles. The van der Waals surface area contributed by atoms with Crippen molar-refractivity contribution in [1.82, 2.24) is 9.13 Å². The zero-order chi connectivity index (χ0) is 31.8. The molecule has 0 aliphatic heterocycles. The van der Waals surface area contributed by atoms with Crippen molar-refractivity contribution in [2.24, 2.45) is 11.8 Å². The lowest BCUT2D eigenvalue weighted by Gasteiger charge is -2.11. The van der Waals surface area contributed by atoms with Gasteiger partial charge in [0.25, 0.3) is 0 Å². The summed E-state index contributed by atoms with van der Waals surface area (Å²) in [5.41, 5.74) is 12.8. The minimum absolute atomic E-state index is 0.250. The number of hydrogen-bond acceptors (Lipinski definition) is 1. The maximum absolute atomic E-state index is 7.57. The van der Waals surface area contributed by atoms with Gasteiger partial charge < -0.3 is 14.2 Å². The first kappa shape index (κ1) is 30.7. The van der Waals surface area contributed by atoms with E-state index in [0.29, 0.717) is 11.8 Å². The highest BCUT2D eigenvalue weighted by Gasteiger charge is 2.19. The van der Waals surface area contributed by atoms with Crippen molar-refractivity contribution in [3.63, 3.8) is 0 Å². The molecular formula is C42H46N2O. The first-order valence-electron chi connectivity index (χ1n) is 16.5. The van der Waals surface area contributed by atoms with Crippen LogP contribution in [0.4, 0.5) is 0 Å². The molecule has 5 aromatic carbocycles. The van der Waals surface area contributed by atoms with E-state index in [4.69, 9.17) is 5.11 Å². The molecule has 3 nitrogen and oxygen atoms in total. The number of hydrogen-bond donors (Lipinski definition) is 1. The minimum Gasteiger partial charge on any atom is -0.397 e. The van der Waals surface area contributed by atoms with Gasteiger partial charge in [0, 0.05) is 39.5 Å². The topological polar surface area (TPSA) is 30.1 Å². The molecule has 0 saturated heterocycles. The molecule has 0 radical (unpaired) electrons. The number of aliphatic hydroxyl groups is 1. The molecular weight excluding hydrogens is 548 g/mol. The highest BCUT2D eigenvalue weighted by molar-refractivity contribution is 6.19. The quantitative estimate of drug-likeness (QED) is 0.204. The van der Waals surface area contributed by atoms with E-state index >= 15 is 0 Å². The van der Waals surface area contributed by atoms with Crippen LogP contribution >= 0.6 is 0 Å². The standard InChI is InChI=1S/C40H40N2.C2H6O/c1-25(2)19-29-9-13-31(14-10-29)41-37-17-7-27(5)21-33(37)35-24-40-36(23-39(35)41)34-22-28(6)8-18-38(34)42(40)32-15-11-30(12-16-32)20-26(3)4;1-2-3/h7-18,21-26H,19-20H2,1-6H3;3H,2H2,1H3. The molecule has 3 heteroatoms. The smallest absolute Gasteiger partial charge is 0.0548 e. The Morgan fingerprint density at radius 1 is 0.489 bits per heavy atom. The van der Waals surface area contributed by atoms with Gasteiger partial charge in [-0.15, -0.1) is 0 Å². The Labute approximate surface area is 267 Å². The van der Waals surface area contributed by atoms with Gasteiger partial charge in [-0.05, 0) is 117 Å². The molecule has 1 N–H and O–H groups in total. The number of fused-ring (bicyclic) bond motifs is 6. The van der Waals surface area contributed by atoms with Crippen LogP contribution < -0.4 is 0 Å². The summed E-state index contributed by atoms with van der Waals surface area (Å²) in [6.45, 7) is 15.5. The lowest BCUT2D eigenvalue weighted by molar-refractivity contribution is 0.318. The van der Waals surface area contributed by atoms with Gasteiger partial charge in [-0.25, -0.2) is 0 Å². The molecule has 2 heterocycles. The number of aliphatic hydroxyl groups excluding tert-OH is 1. The second-order valence-electron chi connectivity index (χ2n) is 13.4. The fraction of sp³-hybridized carbons (Fsp3) is 0.286. The number of benzene rings is 5. The molecule has 0 bridgehead atoms. The molecule has 7 rings (SSSR count). The molecule has 7 aromatic rings. The van der Waals surface area contributed by atoms with Gasteiger partial charge in [0.05, 0.1) is 22.1 Å². The number of rotatable bonds is 6. The van der Waals surface area contributed by atoms with E-state index in [1.807, 2.05) is 0 Å². The van der Waals surface area contributed by atoms with Crippen LogP contribution in [-0.4, -0.2) is 20.8 Å². The van der Waals surface area contributed by atoms with Crippen molar-refractivity contribution < 1.29 is 5.11 Å². The zero-order valence-electron chi connectivity index (χ0n) is 27.9. The molecule has 0 spiro atoms. The fourth-order valence-electron chi connectivity index (χ4n) is 6.82. The highest BCUT2D eigenvalue weighted by atomic mass is 16.2.